The number of thiazole rings is 1. The highest BCUT2D eigenvalue weighted by Crippen LogP contribution is 2.32. The topological polar surface area (TPSA) is 45.2 Å². The number of carbonyl (C=O) groups is 1. The van der Waals surface area contributed by atoms with Crippen molar-refractivity contribution < 1.29 is 18.0 Å². The van der Waals surface area contributed by atoms with Gasteiger partial charge in [-0.15, -0.1) is 0 Å². The third-order valence-electron chi connectivity index (χ3n) is 4.66. The van der Waals surface area contributed by atoms with Crippen LogP contribution in [0.15, 0.2) is 36.4 Å². The van der Waals surface area contributed by atoms with Crippen molar-refractivity contribution in [2.45, 2.75) is 12.8 Å². The molecule has 0 bridgehead atoms. The van der Waals surface area contributed by atoms with Gasteiger partial charge in [0.1, 0.15) is 5.82 Å². The fraction of sp³-hybridized carbons (Fsp3) is 0.263. The van der Waals surface area contributed by atoms with E-state index in [1.165, 1.54) is 29.5 Å². The number of amides is 1. The summed E-state index contributed by atoms with van der Waals surface area (Å²) >= 11 is 1.43. The third kappa shape index (κ3) is 3.75. The van der Waals surface area contributed by atoms with Crippen LogP contribution < -0.4 is 10.2 Å². The number of benzene rings is 2. The molecule has 1 aromatic heterocycles. The maximum atomic E-state index is 13.3. The standard InChI is InChI=1S/C19H16F3N3OS/c20-12-1-4-16-17(9-12)27-19(24-16)25-7-5-11(6-8-25)18(26)23-13-2-3-14(21)15(22)10-13/h1-4,9-11H,5-8H2,(H,23,26). The van der Waals surface area contributed by atoms with Crippen LogP contribution in [0.1, 0.15) is 12.8 Å². The van der Waals surface area contributed by atoms with Crippen molar-refractivity contribution in [3.63, 3.8) is 0 Å². The summed E-state index contributed by atoms with van der Waals surface area (Å²) in [6.45, 7) is 1.30. The lowest BCUT2D eigenvalue weighted by atomic mass is 9.96. The van der Waals surface area contributed by atoms with Crippen molar-refractivity contribution in [1.29, 1.82) is 0 Å². The van der Waals surface area contributed by atoms with Crippen LogP contribution in [0, 0.1) is 23.4 Å². The second kappa shape index (κ2) is 7.19. The molecular weight excluding hydrogens is 375 g/mol. The number of carbonyl (C=O) groups excluding carboxylic acids is 1. The number of halogens is 3. The van der Waals surface area contributed by atoms with Gasteiger partial charge in [-0.2, -0.15) is 0 Å². The number of anilines is 2. The number of hydrogen-bond donors (Lipinski definition) is 1. The highest BCUT2D eigenvalue weighted by atomic mass is 32.1. The van der Waals surface area contributed by atoms with Gasteiger partial charge in [0, 0.05) is 30.8 Å². The van der Waals surface area contributed by atoms with Gasteiger partial charge in [0.05, 0.1) is 10.2 Å². The molecule has 4 nitrogen and oxygen atoms in total. The first-order valence-corrected chi connectivity index (χ1v) is 9.38. The van der Waals surface area contributed by atoms with Crippen molar-refractivity contribution in [2.24, 2.45) is 5.92 Å². The van der Waals surface area contributed by atoms with Gasteiger partial charge in [0.15, 0.2) is 16.8 Å². The zero-order valence-electron chi connectivity index (χ0n) is 14.2. The van der Waals surface area contributed by atoms with Gasteiger partial charge in [0.2, 0.25) is 5.91 Å². The fourth-order valence-electron chi connectivity index (χ4n) is 3.17. The lowest BCUT2D eigenvalue weighted by molar-refractivity contribution is -0.120. The third-order valence-corrected chi connectivity index (χ3v) is 5.74. The van der Waals surface area contributed by atoms with E-state index in [9.17, 15) is 18.0 Å². The predicted octanol–water partition coefficient (Wildman–Crippen LogP) is 4.57. The molecule has 1 aliphatic rings. The molecule has 1 amide bonds. The van der Waals surface area contributed by atoms with E-state index in [4.69, 9.17) is 0 Å². The average molecular weight is 391 g/mol. The summed E-state index contributed by atoms with van der Waals surface area (Å²) in [6, 6.07) is 7.82. The first kappa shape index (κ1) is 17.8. The Morgan fingerprint density at radius 3 is 2.59 bits per heavy atom. The maximum absolute atomic E-state index is 13.3. The molecule has 140 valence electrons. The zero-order chi connectivity index (χ0) is 19.0. The van der Waals surface area contributed by atoms with Gasteiger partial charge in [0.25, 0.3) is 0 Å². The molecule has 0 radical (unpaired) electrons. The highest BCUT2D eigenvalue weighted by molar-refractivity contribution is 7.22. The van der Waals surface area contributed by atoms with Gasteiger partial charge in [-0.1, -0.05) is 11.3 Å². The Labute approximate surface area is 157 Å². The second-order valence-corrected chi connectivity index (χ2v) is 7.50. The molecule has 0 spiro atoms. The summed E-state index contributed by atoms with van der Waals surface area (Å²) in [5.41, 5.74) is 1.00. The first-order valence-electron chi connectivity index (χ1n) is 8.56. The molecule has 8 heteroatoms. The lowest BCUT2D eigenvalue weighted by Crippen LogP contribution is -2.38. The van der Waals surface area contributed by atoms with E-state index in [-0.39, 0.29) is 23.3 Å². The number of nitrogens with zero attached hydrogens (tertiary/aromatic N) is 2. The fourth-order valence-corrected chi connectivity index (χ4v) is 4.21. The molecule has 1 N–H and O–H groups in total. The number of aromatic nitrogens is 1. The smallest absolute Gasteiger partial charge is 0.227 e. The minimum Gasteiger partial charge on any atom is -0.348 e. The summed E-state index contributed by atoms with van der Waals surface area (Å²) in [6.07, 6.45) is 1.25. The van der Waals surface area contributed by atoms with Crippen LogP contribution in [0.5, 0.6) is 0 Å². The molecule has 1 fully saturated rings. The van der Waals surface area contributed by atoms with Crippen LogP contribution in [0.25, 0.3) is 10.2 Å². The Hall–Kier alpha value is -2.61. The second-order valence-electron chi connectivity index (χ2n) is 6.49. The minimum absolute atomic E-state index is 0.202. The summed E-state index contributed by atoms with van der Waals surface area (Å²) in [4.78, 5) is 19.0. The van der Waals surface area contributed by atoms with Crippen LogP contribution in [0.4, 0.5) is 24.0 Å². The van der Waals surface area contributed by atoms with Crippen molar-refractivity contribution in [2.75, 3.05) is 23.3 Å². The molecule has 1 saturated heterocycles. The Bertz CT molecular complexity index is 999. The first-order chi connectivity index (χ1) is 13.0. The molecule has 0 aliphatic carbocycles. The highest BCUT2D eigenvalue weighted by Gasteiger charge is 2.26. The van der Waals surface area contributed by atoms with Gasteiger partial charge in [-0.05, 0) is 43.2 Å². The summed E-state index contributed by atoms with van der Waals surface area (Å²) < 4.78 is 40.4. The van der Waals surface area contributed by atoms with E-state index < -0.39 is 11.6 Å². The van der Waals surface area contributed by atoms with E-state index in [0.29, 0.717) is 25.9 Å². The largest absolute Gasteiger partial charge is 0.348 e. The molecule has 0 atom stereocenters. The van der Waals surface area contributed by atoms with Crippen molar-refractivity contribution in [3.8, 4) is 0 Å². The molecule has 0 unspecified atom stereocenters. The molecule has 27 heavy (non-hydrogen) atoms. The van der Waals surface area contributed by atoms with Crippen LogP contribution >= 0.6 is 11.3 Å². The van der Waals surface area contributed by atoms with Crippen LogP contribution in [0.2, 0.25) is 0 Å². The van der Waals surface area contributed by atoms with Crippen LogP contribution in [0.3, 0.4) is 0 Å². The quantitative estimate of drug-likeness (QED) is 0.712. The lowest BCUT2D eigenvalue weighted by Gasteiger charge is -2.31. The zero-order valence-corrected chi connectivity index (χ0v) is 15.0. The molecule has 2 heterocycles. The molecule has 4 rings (SSSR count). The molecule has 2 aromatic carbocycles. The van der Waals surface area contributed by atoms with Gasteiger partial charge in [-0.25, -0.2) is 18.2 Å². The molecule has 3 aromatic rings. The monoisotopic (exact) mass is 391 g/mol. The van der Waals surface area contributed by atoms with Gasteiger partial charge < -0.3 is 10.2 Å². The average Bonchev–Trinajstić information content (AvgIpc) is 3.08. The van der Waals surface area contributed by atoms with E-state index in [1.807, 2.05) is 0 Å². The SMILES string of the molecule is O=C(Nc1ccc(F)c(F)c1)C1CCN(c2nc3ccc(F)cc3s2)CC1. The summed E-state index contributed by atoms with van der Waals surface area (Å²) in [7, 11) is 0. The summed E-state index contributed by atoms with van der Waals surface area (Å²) in [5.74, 6) is -2.63. The molecule has 1 aliphatic heterocycles. The number of fused-ring (bicyclic) bond motifs is 1. The maximum Gasteiger partial charge on any atom is 0.227 e. The number of rotatable bonds is 3. The van der Waals surface area contributed by atoms with Crippen LogP contribution in [-0.4, -0.2) is 24.0 Å². The number of nitrogens with one attached hydrogen (secondary N) is 1. The van der Waals surface area contributed by atoms with E-state index >= 15 is 0 Å². The number of hydrogen-bond acceptors (Lipinski definition) is 4. The normalized spacial score (nSPS) is 15.3. The predicted molar refractivity (Wildman–Crippen MR) is 99.5 cm³/mol. The number of piperidine rings is 1. The van der Waals surface area contributed by atoms with Crippen molar-refractivity contribution in [1.82, 2.24) is 4.98 Å². The van der Waals surface area contributed by atoms with Crippen LogP contribution in [-0.2, 0) is 4.79 Å². The van der Waals surface area contributed by atoms with E-state index in [1.54, 1.807) is 6.07 Å². The minimum atomic E-state index is -0.991. The van der Waals surface area contributed by atoms with Gasteiger partial charge in [-0.3, -0.25) is 4.79 Å². The van der Waals surface area contributed by atoms with E-state index in [0.717, 1.165) is 27.5 Å². The summed E-state index contributed by atoms with van der Waals surface area (Å²) in [5, 5.41) is 3.46. The Kier molecular flexibility index (Phi) is 4.73. The van der Waals surface area contributed by atoms with Gasteiger partial charge >= 0.3 is 0 Å². The van der Waals surface area contributed by atoms with E-state index in [2.05, 4.69) is 15.2 Å². The Morgan fingerprint density at radius 2 is 1.85 bits per heavy atom. The molecular formula is C19H16F3N3OS. The van der Waals surface area contributed by atoms with Crippen molar-refractivity contribution in [3.05, 3.63) is 53.8 Å². The Morgan fingerprint density at radius 1 is 1.07 bits per heavy atom. The molecule has 0 saturated carbocycles. The van der Waals surface area contributed by atoms with Crippen molar-refractivity contribution >= 4 is 38.3 Å². The Balaban J connectivity index is 1.38.